The van der Waals surface area contributed by atoms with Crippen molar-refractivity contribution in [2.45, 2.75) is 32.7 Å². The Balaban J connectivity index is 2.67. The van der Waals surface area contributed by atoms with Crippen molar-refractivity contribution in [1.82, 2.24) is 5.32 Å². The van der Waals surface area contributed by atoms with E-state index in [1.807, 2.05) is 13.8 Å². The summed E-state index contributed by atoms with van der Waals surface area (Å²) in [6, 6.07) is 4.59. The van der Waals surface area contributed by atoms with Crippen molar-refractivity contribution in [1.29, 1.82) is 0 Å². The lowest BCUT2D eigenvalue weighted by atomic mass is 10.0. The second-order valence-corrected chi connectivity index (χ2v) is 4.52. The van der Waals surface area contributed by atoms with Crippen LogP contribution in [-0.4, -0.2) is 19.8 Å². The van der Waals surface area contributed by atoms with Crippen molar-refractivity contribution >= 4 is 11.6 Å². The molecule has 0 fully saturated rings. The second-order valence-electron chi connectivity index (χ2n) is 4.12. The minimum absolute atomic E-state index is 0.0821. The smallest absolute Gasteiger partial charge is 0.123 e. The minimum atomic E-state index is -0.248. The first kappa shape index (κ1) is 15.4. The van der Waals surface area contributed by atoms with Gasteiger partial charge in [-0.1, -0.05) is 18.5 Å². The van der Waals surface area contributed by atoms with Crippen molar-refractivity contribution < 1.29 is 9.13 Å². The molecule has 0 aromatic heterocycles. The summed E-state index contributed by atoms with van der Waals surface area (Å²) in [5.41, 5.74) is 0.829. The lowest BCUT2D eigenvalue weighted by Crippen LogP contribution is -2.21. The van der Waals surface area contributed by atoms with E-state index in [0.29, 0.717) is 5.02 Å². The fourth-order valence-corrected chi connectivity index (χ4v) is 2.18. The maximum absolute atomic E-state index is 13.3. The average Bonchev–Trinajstić information content (AvgIpc) is 2.36. The first-order chi connectivity index (χ1) is 8.69. The van der Waals surface area contributed by atoms with E-state index in [2.05, 4.69) is 5.32 Å². The van der Waals surface area contributed by atoms with Gasteiger partial charge in [-0.15, -0.1) is 0 Å². The van der Waals surface area contributed by atoms with E-state index >= 15 is 0 Å². The number of hydrogen-bond donors (Lipinski definition) is 1. The lowest BCUT2D eigenvalue weighted by molar-refractivity contribution is 0.141. The highest BCUT2D eigenvalue weighted by atomic mass is 35.5. The molecule has 0 bridgehead atoms. The molecule has 0 amide bonds. The van der Waals surface area contributed by atoms with Crippen LogP contribution in [0.3, 0.4) is 0 Å². The summed E-state index contributed by atoms with van der Waals surface area (Å²) in [6.07, 6.45) is 1.81. The summed E-state index contributed by atoms with van der Waals surface area (Å²) in [6.45, 7) is 6.29. The molecule has 2 nitrogen and oxygen atoms in total. The Morgan fingerprint density at radius 3 is 2.83 bits per heavy atom. The minimum Gasteiger partial charge on any atom is -0.382 e. The molecule has 1 aromatic carbocycles. The van der Waals surface area contributed by atoms with Crippen molar-refractivity contribution in [3.8, 4) is 0 Å². The first-order valence-corrected chi connectivity index (χ1v) is 6.82. The third-order valence-corrected chi connectivity index (χ3v) is 3.11. The molecule has 1 atom stereocenters. The molecule has 102 valence electrons. The van der Waals surface area contributed by atoms with Crippen molar-refractivity contribution in [3.05, 3.63) is 34.6 Å². The fourth-order valence-electron chi connectivity index (χ4n) is 1.93. The predicted octanol–water partition coefficient (Wildman–Crippen LogP) is 3.95. The van der Waals surface area contributed by atoms with Gasteiger partial charge >= 0.3 is 0 Å². The predicted molar refractivity (Wildman–Crippen MR) is 73.6 cm³/mol. The molecule has 0 radical (unpaired) electrons. The molecule has 0 saturated heterocycles. The molecular weight excluding hydrogens is 253 g/mol. The number of ether oxygens (including phenoxy) is 1. The largest absolute Gasteiger partial charge is 0.382 e. The third-order valence-electron chi connectivity index (χ3n) is 2.77. The van der Waals surface area contributed by atoms with E-state index in [0.717, 1.165) is 38.2 Å². The molecule has 0 spiro atoms. The van der Waals surface area contributed by atoms with Gasteiger partial charge in [-0.3, -0.25) is 0 Å². The van der Waals surface area contributed by atoms with Crippen molar-refractivity contribution in [3.63, 3.8) is 0 Å². The normalized spacial score (nSPS) is 12.7. The van der Waals surface area contributed by atoms with Gasteiger partial charge in [-0.2, -0.15) is 0 Å². The summed E-state index contributed by atoms with van der Waals surface area (Å²) >= 11 is 6.13. The van der Waals surface area contributed by atoms with Gasteiger partial charge in [0.25, 0.3) is 0 Å². The van der Waals surface area contributed by atoms with Crippen LogP contribution in [-0.2, 0) is 4.74 Å². The first-order valence-electron chi connectivity index (χ1n) is 6.45. The number of benzene rings is 1. The van der Waals surface area contributed by atoms with E-state index in [4.69, 9.17) is 16.3 Å². The third kappa shape index (κ3) is 4.92. The van der Waals surface area contributed by atoms with Crippen LogP contribution in [0.5, 0.6) is 0 Å². The highest BCUT2D eigenvalue weighted by Crippen LogP contribution is 2.27. The van der Waals surface area contributed by atoms with Crippen molar-refractivity contribution in [2.24, 2.45) is 0 Å². The Labute approximate surface area is 113 Å². The van der Waals surface area contributed by atoms with E-state index in [9.17, 15) is 4.39 Å². The van der Waals surface area contributed by atoms with Gasteiger partial charge in [0.2, 0.25) is 0 Å². The van der Waals surface area contributed by atoms with Crippen LogP contribution in [0, 0.1) is 5.82 Å². The van der Waals surface area contributed by atoms with Crippen LogP contribution in [0.25, 0.3) is 0 Å². The maximum atomic E-state index is 13.3. The van der Waals surface area contributed by atoms with Crippen LogP contribution < -0.4 is 5.32 Å². The van der Waals surface area contributed by atoms with Crippen LogP contribution >= 0.6 is 11.6 Å². The Hall–Kier alpha value is -0.640. The molecule has 18 heavy (non-hydrogen) atoms. The molecule has 0 saturated carbocycles. The van der Waals surface area contributed by atoms with Crippen LogP contribution in [0.2, 0.25) is 5.02 Å². The molecule has 1 aromatic rings. The molecule has 1 N–H and O–H groups in total. The Morgan fingerprint density at radius 1 is 1.39 bits per heavy atom. The SMILES string of the molecule is CCNC(CCCOCC)c1cc(F)ccc1Cl. The van der Waals surface area contributed by atoms with Gasteiger partial charge < -0.3 is 10.1 Å². The van der Waals surface area contributed by atoms with Gasteiger partial charge in [-0.25, -0.2) is 4.39 Å². The zero-order valence-electron chi connectivity index (χ0n) is 11.0. The number of halogens is 2. The molecule has 1 rings (SSSR count). The lowest BCUT2D eigenvalue weighted by Gasteiger charge is -2.19. The van der Waals surface area contributed by atoms with Gasteiger partial charge in [0.15, 0.2) is 0 Å². The summed E-state index contributed by atoms with van der Waals surface area (Å²) in [7, 11) is 0. The zero-order valence-corrected chi connectivity index (χ0v) is 11.8. The molecular formula is C14H21ClFNO. The summed E-state index contributed by atoms with van der Waals surface area (Å²) < 4.78 is 18.6. The van der Waals surface area contributed by atoms with Crippen LogP contribution in [0.1, 0.15) is 38.3 Å². The summed E-state index contributed by atoms with van der Waals surface area (Å²) in [5, 5.41) is 3.95. The molecule has 0 aliphatic heterocycles. The summed E-state index contributed by atoms with van der Waals surface area (Å²) in [4.78, 5) is 0. The second kappa shape index (κ2) is 8.46. The average molecular weight is 274 g/mol. The molecule has 0 heterocycles. The molecule has 1 unspecified atom stereocenters. The highest BCUT2D eigenvalue weighted by Gasteiger charge is 2.14. The van der Waals surface area contributed by atoms with Crippen LogP contribution in [0.4, 0.5) is 4.39 Å². The van der Waals surface area contributed by atoms with E-state index in [1.165, 1.54) is 12.1 Å². The molecule has 0 aliphatic rings. The Morgan fingerprint density at radius 2 is 2.17 bits per heavy atom. The maximum Gasteiger partial charge on any atom is 0.123 e. The number of rotatable bonds is 8. The van der Waals surface area contributed by atoms with Gasteiger partial charge in [-0.05, 0) is 50.1 Å². The van der Waals surface area contributed by atoms with E-state index in [-0.39, 0.29) is 11.9 Å². The summed E-state index contributed by atoms with van der Waals surface area (Å²) in [5.74, 6) is -0.248. The van der Waals surface area contributed by atoms with Crippen LogP contribution in [0.15, 0.2) is 18.2 Å². The zero-order chi connectivity index (χ0) is 13.4. The van der Waals surface area contributed by atoms with Gasteiger partial charge in [0.1, 0.15) is 5.82 Å². The monoisotopic (exact) mass is 273 g/mol. The number of nitrogens with one attached hydrogen (secondary N) is 1. The van der Waals surface area contributed by atoms with E-state index < -0.39 is 0 Å². The molecule has 0 aliphatic carbocycles. The quantitative estimate of drug-likeness (QED) is 0.724. The Kier molecular flexibility index (Phi) is 7.25. The standard InChI is InChI=1S/C14H21ClFNO/c1-3-17-14(6-5-9-18-4-2)12-10-11(16)7-8-13(12)15/h7-8,10,14,17H,3-6,9H2,1-2H3. The topological polar surface area (TPSA) is 21.3 Å². The fraction of sp³-hybridized carbons (Fsp3) is 0.571. The van der Waals surface area contributed by atoms with E-state index in [1.54, 1.807) is 6.07 Å². The molecule has 4 heteroatoms. The Bertz CT molecular complexity index is 360. The van der Waals surface area contributed by atoms with Gasteiger partial charge in [0.05, 0.1) is 0 Å². The van der Waals surface area contributed by atoms with Gasteiger partial charge in [0, 0.05) is 24.3 Å². The van der Waals surface area contributed by atoms with Crippen molar-refractivity contribution in [2.75, 3.05) is 19.8 Å². The number of hydrogen-bond acceptors (Lipinski definition) is 2. The highest BCUT2D eigenvalue weighted by molar-refractivity contribution is 6.31.